The summed E-state index contributed by atoms with van der Waals surface area (Å²) in [5.74, 6) is 0. The summed E-state index contributed by atoms with van der Waals surface area (Å²) in [6.45, 7) is 26.2. The summed E-state index contributed by atoms with van der Waals surface area (Å²) in [6.07, 6.45) is 2.38. The normalized spacial score (nSPS) is 16.0. The van der Waals surface area contributed by atoms with Crippen LogP contribution < -0.4 is 25.5 Å². The molecular formula is C61H61BN2S. The molecule has 11 rings (SSSR count). The number of fused-ring (bicyclic) bond motifs is 7. The zero-order valence-corrected chi connectivity index (χ0v) is 41.0. The number of nitrogens with zero attached hydrogens (tertiary/aromatic N) is 2. The molecule has 8 aromatic rings. The Hall–Kier alpha value is -5.84. The van der Waals surface area contributed by atoms with E-state index < -0.39 is 0 Å². The van der Waals surface area contributed by atoms with Crippen LogP contribution in [0.3, 0.4) is 0 Å². The Morgan fingerprint density at radius 2 is 1.06 bits per heavy atom. The molecule has 0 atom stereocenters. The van der Waals surface area contributed by atoms with Crippen molar-refractivity contribution < 1.29 is 0 Å². The van der Waals surface area contributed by atoms with Crippen molar-refractivity contribution in [3.05, 3.63) is 173 Å². The van der Waals surface area contributed by atoms with Crippen LogP contribution in [0.15, 0.2) is 146 Å². The van der Waals surface area contributed by atoms with E-state index in [2.05, 4.69) is 232 Å². The first-order chi connectivity index (χ1) is 30.9. The standard InChI is InChI=1S/C61H61BN2S/c1-38-33-51-54-52(34-38)64(55-44(39-19-14-12-15-20-39)23-18-24-45(55)40-21-16-13-17-22-40)50-30-27-42(59(5,6)7)35-49(50)62(54)57-56(63(51)43-28-25-41(26-29-43)58(2,3)4)46-36-47-48(37-53(46)65-57)61(10,11)32-31-60(47,8)9/h12-30,33-37H,31-32H2,1-11H3. The molecule has 0 amide bonds. The van der Waals surface area contributed by atoms with E-state index >= 15 is 0 Å². The fraction of sp³-hybridized carbons (Fsp3) is 0.279. The second-order valence-corrected chi connectivity index (χ2v) is 23.6. The number of benzene rings is 7. The van der Waals surface area contributed by atoms with E-state index in [-0.39, 0.29) is 28.4 Å². The molecule has 7 aromatic carbocycles. The summed E-state index contributed by atoms with van der Waals surface area (Å²) in [4.78, 5) is 5.31. The maximum Gasteiger partial charge on any atom is 0.264 e. The molecule has 324 valence electrons. The van der Waals surface area contributed by atoms with E-state index in [1.807, 2.05) is 11.3 Å². The predicted octanol–water partition coefficient (Wildman–Crippen LogP) is 15.6. The number of hydrogen-bond donors (Lipinski definition) is 0. The van der Waals surface area contributed by atoms with Crippen LogP contribution in [0.4, 0.5) is 34.1 Å². The minimum atomic E-state index is -0.0396. The van der Waals surface area contributed by atoms with Crippen molar-refractivity contribution in [1.29, 1.82) is 0 Å². The SMILES string of the molecule is Cc1cc2c3c(c1)N(c1ccc(C(C)(C)C)cc1)c1c(sc4cc5c(cc14)C(C)(C)CCC5(C)C)B3c1cc(C(C)(C)C)ccc1N2c1c(-c2ccccc2)cccc1-c1ccccc1. The summed E-state index contributed by atoms with van der Waals surface area (Å²) in [7, 11) is 0. The summed E-state index contributed by atoms with van der Waals surface area (Å²) < 4.78 is 2.82. The van der Waals surface area contributed by atoms with Crippen LogP contribution in [-0.2, 0) is 21.7 Å². The van der Waals surface area contributed by atoms with Crippen molar-refractivity contribution in [1.82, 2.24) is 0 Å². The van der Waals surface area contributed by atoms with Crippen molar-refractivity contribution in [2.75, 3.05) is 9.80 Å². The predicted molar refractivity (Wildman–Crippen MR) is 284 cm³/mol. The van der Waals surface area contributed by atoms with Gasteiger partial charge in [0.05, 0.1) is 11.4 Å². The largest absolute Gasteiger partial charge is 0.310 e. The van der Waals surface area contributed by atoms with Crippen molar-refractivity contribution in [3.8, 4) is 22.3 Å². The van der Waals surface area contributed by atoms with Crippen LogP contribution in [0.2, 0.25) is 0 Å². The number of rotatable bonds is 4. The highest BCUT2D eigenvalue weighted by Gasteiger charge is 2.47. The zero-order chi connectivity index (χ0) is 45.4. The summed E-state index contributed by atoms with van der Waals surface area (Å²) in [5, 5.41) is 1.37. The van der Waals surface area contributed by atoms with Gasteiger partial charge in [0.2, 0.25) is 0 Å². The van der Waals surface area contributed by atoms with Crippen LogP contribution in [0.25, 0.3) is 32.3 Å². The molecule has 3 heterocycles. The fourth-order valence-corrected chi connectivity index (χ4v) is 12.6. The lowest BCUT2D eigenvalue weighted by atomic mass is 9.36. The highest BCUT2D eigenvalue weighted by atomic mass is 32.1. The minimum absolute atomic E-state index is 0.0359. The Morgan fingerprint density at radius 1 is 0.523 bits per heavy atom. The summed E-state index contributed by atoms with van der Waals surface area (Å²) >= 11 is 2.04. The topological polar surface area (TPSA) is 6.48 Å². The molecule has 2 aliphatic heterocycles. The van der Waals surface area contributed by atoms with E-state index in [1.54, 1.807) is 0 Å². The summed E-state index contributed by atoms with van der Waals surface area (Å²) in [5.41, 5.74) is 22.3. The van der Waals surface area contributed by atoms with Crippen LogP contribution in [0, 0.1) is 6.92 Å². The van der Waals surface area contributed by atoms with Gasteiger partial charge in [-0.3, -0.25) is 0 Å². The molecule has 0 saturated heterocycles. The molecule has 0 fully saturated rings. The summed E-state index contributed by atoms with van der Waals surface area (Å²) in [6, 6.07) is 56.0. The molecule has 2 nitrogen and oxygen atoms in total. The first-order valence-corrected chi connectivity index (χ1v) is 24.6. The molecule has 0 N–H and O–H groups in total. The molecule has 0 radical (unpaired) electrons. The van der Waals surface area contributed by atoms with Gasteiger partial charge in [-0.1, -0.05) is 172 Å². The second kappa shape index (κ2) is 14.6. The third-order valence-corrected chi connectivity index (χ3v) is 16.3. The van der Waals surface area contributed by atoms with Gasteiger partial charge in [-0.15, -0.1) is 11.3 Å². The van der Waals surface area contributed by atoms with E-state index in [4.69, 9.17) is 0 Å². The lowest BCUT2D eigenvalue weighted by molar-refractivity contribution is 0.332. The molecule has 1 aliphatic carbocycles. The Bertz CT molecular complexity index is 3120. The molecule has 65 heavy (non-hydrogen) atoms. The van der Waals surface area contributed by atoms with Gasteiger partial charge in [0, 0.05) is 48.7 Å². The highest BCUT2D eigenvalue weighted by Crippen LogP contribution is 2.54. The molecular weight excluding hydrogens is 804 g/mol. The molecule has 0 spiro atoms. The maximum absolute atomic E-state index is 2.66. The average molecular weight is 865 g/mol. The third-order valence-electron chi connectivity index (χ3n) is 15.1. The molecule has 3 aliphatic rings. The first-order valence-electron chi connectivity index (χ1n) is 23.8. The third kappa shape index (κ3) is 6.65. The van der Waals surface area contributed by atoms with Gasteiger partial charge in [0.15, 0.2) is 0 Å². The van der Waals surface area contributed by atoms with Crippen LogP contribution >= 0.6 is 11.3 Å². The first kappa shape index (κ1) is 41.8. The minimum Gasteiger partial charge on any atom is -0.310 e. The Balaban J connectivity index is 1.28. The number of anilines is 6. The van der Waals surface area contributed by atoms with Crippen molar-refractivity contribution in [2.45, 2.75) is 111 Å². The zero-order valence-electron chi connectivity index (χ0n) is 40.2. The molecule has 0 bridgehead atoms. The second-order valence-electron chi connectivity index (χ2n) is 22.6. The van der Waals surface area contributed by atoms with Gasteiger partial charge in [-0.25, -0.2) is 0 Å². The Labute approximate surface area is 392 Å². The number of aryl methyl sites for hydroxylation is 1. The molecule has 0 unspecified atom stereocenters. The van der Waals surface area contributed by atoms with Gasteiger partial charge in [0.25, 0.3) is 6.71 Å². The number of thiophene rings is 1. The van der Waals surface area contributed by atoms with Crippen LogP contribution in [0.1, 0.15) is 110 Å². The van der Waals surface area contributed by atoms with E-state index in [9.17, 15) is 0 Å². The fourth-order valence-electron chi connectivity index (χ4n) is 11.3. The van der Waals surface area contributed by atoms with E-state index in [1.165, 1.54) is 123 Å². The Morgan fingerprint density at radius 3 is 1.63 bits per heavy atom. The van der Waals surface area contributed by atoms with Gasteiger partial charge in [-0.05, 0) is 134 Å². The van der Waals surface area contributed by atoms with Crippen molar-refractivity contribution in [3.63, 3.8) is 0 Å². The van der Waals surface area contributed by atoms with E-state index in [0.29, 0.717) is 0 Å². The molecule has 1 aromatic heterocycles. The number of hydrogen-bond acceptors (Lipinski definition) is 3. The van der Waals surface area contributed by atoms with Gasteiger partial charge < -0.3 is 9.80 Å². The molecule has 0 saturated carbocycles. The maximum atomic E-state index is 2.66. The molecule has 4 heteroatoms. The number of para-hydroxylation sites is 1. The Kier molecular flexibility index (Phi) is 9.39. The van der Waals surface area contributed by atoms with Crippen LogP contribution in [0.5, 0.6) is 0 Å². The van der Waals surface area contributed by atoms with E-state index in [0.717, 1.165) is 0 Å². The monoisotopic (exact) mass is 864 g/mol. The highest BCUT2D eigenvalue weighted by molar-refractivity contribution is 7.33. The lowest BCUT2D eigenvalue weighted by Crippen LogP contribution is -2.60. The smallest absolute Gasteiger partial charge is 0.264 e. The van der Waals surface area contributed by atoms with Crippen molar-refractivity contribution >= 4 is 78.0 Å². The van der Waals surface area contributed by atoms with Gasteiger partial charge >= 0.3 is 0 Å². The average Bonchev–Trinajstić information content (AvgIpc) is 3.65. The van der Waals surface area contributed by atoms with Crippen LogP contribution in [-0.4, -0.2) is 6.71 Å². The van der Waals surface area contributed by atoms with Gasteiger partial charge in [-0.2, -0.15) is 0 Å². The quantitative estimate of drug-likeness (QED) is 0.163. The lowest BCUT2D eigenvalue weighted by Gasteiger charge is -2.45. The van der Waals surface area contributed by atoms with Crippen molar-refractivity contribution in [2.24, 2.45) is 0 Å². The van der Waals surface area contributed by atoms with Gasteiger partial charge in [0.1, 0.15) is 0 Å².